The minimum Gasteiger partial charge on any atom is -0.337 e. The fourth-order valence-corrected chi connectivity index (χ4v) is 4.48. The fraction of sp³-hybridized carbons (Fsp3) is 0.632. The van der Waals surface area contributed by atoms with E-state index in [0.717, 1.165) is 24.6 Å². The molecule has 2 atom stereocenters. The van der Waals surface area contributed by atoms with Gasteiger partial charge in [0.15, 0.2) is 0 Å². The second-order valence-electron chi connectivity index (χ2n) is 7.57. The number of fused-ring (bicyclic) bond motifs is 4. The first-order chi connectivity index (χ1) is 11.2. The summed E-state index contributed by atoms with van der Waals surface area (Å²) >= 11 is 5.94. The maximum atomic E-state index is 12.8. The van der Waals surface area contributed by atoms with Crippen LogP contribution < -0.4 is 0 Å². The van der Waals surface area contributed by atoms with Gasteiger partial charge in [-0.3, -0.25) is 9.69 Å². The van der Waals surface area contributed by atoms with Gasteiger partial charge >= 0.3 is 0 Å². The predicted molar refractivity (Wildman–Crippen MR) is 92.8 cm³/mol. The Labute approximate surface area is 143 Å². The maximum absolute atomic E-state index is 12.8. The molecule has 0 aromatic heterocycles. The molecule has 3 nitrogen and oxygen atoms in total. The zero-order valence-corrected chi connectivity index (χ0v) is 14.3. The summed E-state index contributed by atoms with van der Waals surface area (Å²) in [6.45, 7) is 4.25. The van der Waals surface area contributed by atoms with Gasteiger partial charge in [0, 0.05) is 42.8 Å². The third kappa shape index (κ3) is 3.27. The van der Waals surface area contributed by atoms with E-state index in [0.29, 0.717) is 17.0 Å². The Morgan fingerprint density at radius 2 is 1.83 bits per heavy atom. The molecule has 3 saturated heterocycles. The zero-order chi connectivity index (χ0) is 15.8. The lowest BCUT2D eigenvalue weighted by Gasteiger charge is -2.40. The van der Waals surface area contributed by atoms with Crippen LogP contribution in [0.4, 0.5) is 0 Å². The fourth-order valence-electron chi connectivity index (χ4n) is 4.35. The molecule has 4 aliphatic rings. The first-order valence-corrected chi connectivity index (χ1v) is 9.36. The third-order valence-electron chi connectivity index (χ3n) is 5.92. The van der Waals surface area contributed by atoms with Crippen LogP contribution in [0.15, 0.2) is 24.3 Å². The van der Waals surface area contributed by atoms with Gasteiger partial charge in [0.2, 0.25) is 0 Å². The van der Waals surface area contributed by atoms with Crippen molar-refractivity contribution in [1.82, 2.24) is 9.80 Å². The average molecular weight is 333 g/mol. The molecule has 23 heavy (non-hydrogen) atoms. The molecule has 1 aliphatic carbocycles. The van der Waals surface area contributed by atoms with E-state index in [4.69, 9.17) is 11.6 Å². The largest absolute Gasteiger partial charge is 0.337 e. The second kappa shape index (κ2) is 6.45. The van der Waals surface area contributed by atoms with E-state index < -0.39 is 0 Å². The van der Waals surface area contributed by atoms with Crippen molar-refractivity contribution in [1.29, 1.82) is 0 Å². The number of piperidine rings is 1. The number of hydrogen-bond donors (Lipinski definition) is 0. The number of nitrogens with zero attached hydrogens (tertiary/aromatic N) is 2. The van der Waals surface area contributed by atoms with E-state index in [-0.39, 0.29) is 5.91 Å². The zero-order valence-electron chi connectivity index (χ0n) is 13.6. The number of carbonyl (C=O) groups is 1. The molecule has 5 rings (SSSR count). The van der Waals surface area contributed by atoms with Crippen LogP contribution in [0, 0.1) is 11.8 Å². The van der Waals surface area contributed by atoms with Gasteiger partial charge in [-0.2, -0.15) is 0 Å². The SMILES string of the molecule is O=C(c1ccc(Cl)cc1)N1C[C@@H]2CC[C@H](C1)N(CC1CCC1)C2. The van der Waals surface area contributed by atoms with Crippen LogP contribution in [-0.4, -0.2) is 47.9 Å². The summed E-state index contributed by atoms with van der Waals surface area (Å²) in [5, 5.41) is 0.684. The molecule has 3 heterocycles. The molecule has 0 radical (unpaired) electrons. The Kier molecular flexibility index (Phi) is 4.33. The molecular weight excluding hydrogens is 308 g/mol. The van der Waals surface area contributed by atoms with Crippen molar-refractivity contribution in [2.24, 2.45) is 11.8 Å². The maximum Gasteiger partial charge on any atom is 0.253 e. The Balaban J connectivity index is 1.46. The van der Waals surface area contributed by atoms with Crippen LogP contribution in [0.1, 0.15) is 42.5 Å². The molecular formula is C19H25ClN2O. The number of amides is 1. The molecule has 1 amide bonds. The number of halogens is 1. The van der Waals surface area contributed by atoms with E-state index in [1.807, 2.05) is 24.3 Å². The standard InChI is InChI=1S/C19H25ClN2O/c20-17-7-5-16(6-8-17)19(23)22-12-15-4-9-18(13-22)21(11-15)10-14-2-1-3-14/h5-8,14-15,18H,1-4,9-13H2/t15-,18-/m1/s1. The Hall–Kier alpha value is -1.06. The summed E-state index contributed by atoms with van der Waals surface area (Å²) in [7, 11) is 0. The lowest BCUT2D eigenvalue weighted by atomic mass is 9.83. The van der Waals surface area contributed by atoms with E-state index in [9.17, 15) is 4.79 Å². The highest BCUT2D eigenvalue weighted by Crippen LogP contribution is 2.33. The summed E-state index contributed by atoms with van der Waals surface area (Å²) in [5.41, 5.74) is 0.765. The van der Waals surface area contributed by atoms with Crippen molar-refractivity contribution in [2.45, 2.75) is 38.1 Å². The first-order valence-electron chi connectivity index (χ1n) is 8.98. The molecule has 124 valence electrons. The number of benzene rings is 1. The van der Waals surface area contributed by atoms with Crippen molar-refractivity contribution < 1.29 is 4.79 Å². The van der Waals surface area contributed by atoms with Gasteiger partial charge in [-0.15, -0.1) is 0 Å². The number of carbonyl (C=O) groups excluding carboxylic acids is 1. The minimum absolute atomic E-state index is 0.170. The number of rotatable bonds is 3. The van der Waals surface area contributed by atoms with E-state index in [2.05, 4.69) is 9.80 Å². The highest BCUT2D eigenvalue weighted by molar-refractivity contribution is 6.30. The van der Waals surface area contributed by atoms with Gasteiger partial charge in [-0.05, 0) is 61.8 Å². The summed E-state index contributed by atoms with van der Waals surface area (Å²) in [6, 6.07) is 7.88. The van der Waals surface area contributed by atoms with Crippen LogP contribution in [0.2, 0.25) is 5.02 Å². The molecule has 1 aromatic carbocycles. The Bertz CT molecular complexity index is 569. The van der Waals surface area contributed by atoms with E-state index in [1.54, 1.807) is 0 Å². The molecule has 3 aliphatic heterocycles. The molecule has 1 saturated carbocycles. The van der Waals surface area contributed by atoms with Crippen LogP contribution in [0.5, 0.6) is 0 Å². The monoisotopic (exact) mass is 332 g/mol. The van der Waals surface area contributed by atoms with Gasteiger partial charge in [-0.1, -0.05) is 18.0 Å². The van der Waals surface area contributed by atoms with Crippen molar-refractivity contribution in [3.63, 3.8) is 0 Å². The molecule has 4 heteroatoms. The second-order valence-corrected chi connectivity index (χ2v) is 8.00. The summed E-state index contributed by atoms with van der Waals surface area (Å²) in [4.78, 5) is 17.6. The van der Waals surface area contributed by atoms with Crippen molar-refractivity contribution in [3.8, 4) is 0 Å². The third-order valence-corrected chi connectivity index (χ3v) is 6.17. The average Bonchev–Trinajstić information content (AvgIpc) is 2.82. The van der Waals surface area contributed by atoms with Crippen LogP contribution in [0.25, 0.3) is 0 Å². The molecule has 0 spiro atoms. The molecule has 4 fully saturated rings. The molecule has 0 unspecified atom stereocenters. The molecule has 0 N–H and O–H groups in total. The summed E-state index contributed by atoms with van der Waals surface area (Å²) < 4.78 is 0. The smallest absolute Gasteiger partial charge is 0.253 e. The lowest BCUT2D eigenvalue weighted by molar-refractivity contribution is 0.0717. The van der Waals surface area contributed by atoms with Gasteiger partial charge in [0.05, 0.1) is 0 Å². The first kappa shape index (κ1) is 15.5. The van der Waals surface area contributed by atoms with Gasteiger partial charge < -0.3 is 4.90 Å². The van der Waals surface area contributed by atoms with Crippen LogP contribution in [-0.2, 0) is 0 Å². The van der Waals surface area contributed by atoms with Crippen molar-refractivity contribution >= 4 is 17.5 Å². The number of hydrogen-bond acceptors (Lipinski definition) is 2. The predicted octanol–water partition coefficient (Wildman–Crippen LogP) is 3.68. The van der Waals surface area contributed by atoms with Crippen molar-refractivity contribution in [3.05, 3.63) is 34.9 Å². The van der Waals surface area contributed by atoms with Crippen LogP contribution >= 0.6 is 11.6 Å². The van der Waals surface area contributed by atoms with Gasteiger partial charge in [-0.25, -0.2) is 0 Å². The van der Waals surface area contributed by atoms with E-state index in [1.165, 1.54) is 45.2 Å². The molecule has 1 aromatic rings. The van der Waals surface area contributed by atoms with Gasteiger partial charge in [0.1, 0.15) is 0 Å². The lowest BCUT2D eigenvalue weighted by Crippen LogP contribution is -2.47. The normalized spacial score (nSPS) is 28.5. The topological polar surface area (TPSA) is 23.6 Å². The Morgan fingerprint density at radius 1 is 1.04 bits per heavy atom. The highest BCUT2D eigenvalue weighted by atomic mass is 35.5. The summed E-state index contributed by atoms with van der Waals surface area (Å²) in [6.07, 6.45) is 6.74. The minimum atomic E-state index is 0.170. The van der Waals surface area contributed by atoms with Crippen LogP contribution in [0.3, 0.4) is 0 Å². The quantitative estimate of drug-likeness (QED) is 0.843. The molecule has 2 bridgehead atoms. The highest BCUT2D eigenvalue weighted by Gasteiger charge is 2.37. The Morgan fingerprint density at radius 3 is 2.52 bits per heavy atom. The van der Waals surface area contributed by atoms with Gasteiger partial charge in [0.25, 0.3) is 5.91 Å². The van der Waals surface area contributed by atoms with Crippen molar-refractivity contribution in [2.75, 3.05) is 26.2 Å². The van der Waals surface area contributed by atoms with E-state index >= 15 is 0 Å². The summed E-state index contributed by atoms with van der Waals surface area (Å²) in [5.74, 6) is 1.73.